The average Bonchev–Trinajstić information content (AvgIpc) is 3.31. The maximum atomic E-state index is 13.4. The number of phenols is 1. The summed E-state index contributed by atoms with van der Waals surface area (Å²) in [5.41, 5.74) is 0.942. The highest BCUT2D eigenvalue weighted by Gasteiger charge is 2.44. The van der Waals surface area contributed by atoms with E-state index in [1.54, 1.807) is 47.4 Å². The third kappa shape index (κ3) is 2.99. The molecule has 6 nitrogen and oxygen atoms in total. The van der Waals surface area contributed by atoms with Crippen molar-refractivity contribution in [3.8, 4) is 5.75 Å². The summed E-state index contributed by atoms with van der Waals surface area (Å²) in [6.07, 6.45) is 1.70. The molecule has 1 aromatic heterocycles. The van der Waals surface area contributed by atoms with Crippen LogP contribution in [0.2, 0.25) is 5.02 Å². The van der Waals surface area contributed by atoms with Crippen molar-refractivity contribution in [2.75, 3.05) is 13.2 Å². The Hall–Kier alpha value is -2.83. The molecular formula is C22H18ClNO5. The van der Waals surface area contributed by atoms with Crippen molar-refractivity contribution in [2.24, 2.45) is 0 Å². The van der Waals surface area contributed by atoms with Gasteiger partial charge in [0.1, 0.15) is 11.3 Å². The van der Waals surface area contributed by atoms with Crippen LogP contribution in [0.5, 0.6) is 5.75 Å². The fourth-order valence-electron chi connectivity index (χ4n) is 4.23. The standard InChI is InChI=1S/C22H18ClNO5/c23-13-6-7-17-16(10-13)20(26)18-19(12-3-1-4-14(25)9-12)24(22(27)21(18)29-17)11-15-5-2-8-28-15/h1,3-4,6-7,9-10,15,19,25H,2,5,8,11H2/t15-,19+/m1/s1. The molecule has 1 N–H and O–H groups in total. The summed E-state index contributed by atoms with van der Waals surface area (Å²) in [5, 5.41) is 10.7. The van der Waals surface area contributed by atoms with Gasteiger partial charge in [-0.15, -0.1) is 0 Å². The molecule has 0 unspecified atom stereocenters. The van der Waals surface area contributed by atoms with Crippen molar-refractivity contribution in [1.29, 1.82) is 0 Å². The number of carbonyl (C=O) groups excluding carboxylic acids is 1. The summed E-state index contributed by atoms with van der Waals surface area (Å²) < 4.78 is 11.6. The molecule has 2 aliphatic heterocycles. The smallest absolute Gasteiger partial charge is 0.291 e. The van der Waals surface area contributed by atoms with Gasteiger partial charge < -0.3 is 19.2 Å². The number of amides is 1. The number of carbonyl (C=O) groups is 1. The van der Waals surface area contributed by atoms with Gasteiger partial charge in [0.25, 0.3) is 5.91 Å². The Morgan fingerprint density at radius 3 is 2.79 bits per heavy atom. The monoisotopic (exact) mass is 411 g/mol. The van der Waals surface area contributed by atoms with Crippen molar-refractivity contribution in [1.82, 2.24) is 4.90 Å². The highest BCUT2D eigenvalue weighted by atomic mass is 35.5. The van der Waals surface area contributed by atoms with Crippen LogP contribution in [-0.2, 0) is 4.74 Å². The molecule has 7 heteroatoms. The first-order valence-corrected chi connectivity index (χ1v) is 9.88. The van der Waals surface area contributed by atoms with E-state index in [9.17, 15) is 14.7 Å². The number of halogens is 1. The highest BCUT2D eigenvalue weighted by molar-refractivity contribution is 6.31. The molecule has 2 atom stereocenters. The number of hydrogen-bond acceptors (Lipinski definition) is 5. The molecule has 1 saturated heterocycles. The molecule has 5 rings (SSSR count). The molecule has 2 aromatic carbocycles. The van der Waals surface area contributed by atoms with E-state index in [4.69, 9.17) is 20.8 Å². The van der Waals surface area contributed by atoms with E-state index in [-0.39, 0.29) is 34.5 Å². The molecule has 1 amide bonds. The summed E-state index contributed by atoms with van der Waals surface area (Å²) in [4.78, 5) is 28.3. The van der Waals surface area contributed by atoms with Crippen molar-refractivity contribution < 1.29 is 19.1 Å². The number of aromatic hydroxyl groups is 1. The van der Waals surface area contributed by atoms with Crippen molar-refractivity contribution in [3.05, 3.63) is 74.6 Å². The van der Waals surface area contributed by atoms with Gasteiger partial charge in [0.15, 0.2) is 5.43 Å². The molecule has 3 heterocycles. The number of ether oxygens (including phenoxy) is 1. The highest BCUT2D eigenvalue weighted by Crippen LogP contribution is 2.39. The van der Waals surface area contributed by atoms with Gasteiger partial charge in [-0.2, -0.15) is 0 Å². The zero-order valence-corrected chi connectivity index (χ0v) is 16.2. The Bertz CT molecular complexity index is 1180. The van der Waals surface area contributed by atoms with Crippen LogP contribution in [0.3, 0.4) is 0 Å². The first-order chi connectivity index (χ1) is 14.0. The first-order valence-electron chi connectivity index (χ1n) is 9.50. The summed E-state index contributed by atoms with van der Waals surface area (Å²) >= 11 is 6.08. The number of hydrogen-bond donors (Lipinski definition) is 1. The second-order valence-electron chi connectivity index (χ2n) is 7.40. The molecule has 29 heavy (non-hydrogen) atoms. The predicted octanol–water partition coefficient (Wildman–Crippen LogP) is 3.88. The van der Waals surface area contributed by atoms with Crippen molar-refractivity contribution >= 4 is 28.5 Å². The largest absolute Gasteiger partial charge is 0.508 e. The molecule has 0 radical (unpaired) electrons. The molecule has 148 valence electrons. The maximum Gasteiger partial charge on any atom is 0.291 e. The lowest BCUT2D eigenvalue weighted by Crippen LogP contribution is -2.36. The summed E-state index contributed by atoms with van der Waals surface area (Å²) in [6, 6.07) is 10.7. The van der Waals surface area contributed by atoms with Gasteiger partial charge in [-0.05, 0) is 48.7 Å². The van der Waals surface area contributed by atoms with Gasteiger partial charge >= 0.3 is 0 Å². The van der Waals surface area contributed by atoms with E-state index in [0.717, 1.165) is 12.8 Å². The third-order valence-corrected chi connectivity index (χ3v) is 5.77. The number of rotatable bonds is 3. The van der Waals surface area contributed by atoms with E-state index in [0.29, 0.717) is 34.7 Å². The molecule has 0 bridgehead atoms. The lowest BCUT2D eigenvalue weighted by atomic mass is 9.98. The predicted molar refractivity (Wildman–Crippen MR) is 107 cm³/mol. The first kappa shape index (κ1) is 18.2. The van der Waals surface area contributed by atoms with Crippen LogP contribution in [0, 0.1) is 0 Å². The van der Waals surface area contributed by atoms with E-state index in [1.807, 2.05) is 0 Å². The second-order valence-corrected chi connectivity index (χ2v) is 7.84. The normalized spacial score (nSPS) is 21.1. The maximum absolute atomic E-state index is 13.4. The van der Waals surface area contributed by atoms with E-state index >= 15 is 0 Å². The minimum Gasteiger partial charge on any atom is -0.508 e. The Morgan fingerprint density at radius 1 is 1.17 bits per heavy atom. The van der Waals surface area contributed by atoms with Crippen molar-refractivity contribution in [3.63, 3.8) is 0 Å². The Labute approximate surface area is 171 Å². The van der Waals surface area contributed by atoms with Gasteiger partial charge in [-0.3, -0.25) is 9.59 Å². The Balaban J connectivity index is 1.72. The van der Waals surface area contributed by atoms with Crippen LogP contribution in [0.15, 0.2) is 51.7 Å². The van der Waals surface area contributed by atoms with Gasteiger partial charge in [0.05, 0.1) is 23.1 Å². The summed E-state index contributed by atoms with van der Waals surface area (Å²) in [5.74, 6) is -0.248. The number of fused-ring (bicyclic) bond motifs is 2. The Kier molecular flexibility index (Phi) is 4.33. The molecule has 1 fully saturated rings. The number of benzene rings is 2. The Morgan fingerprint density at radius 2 is 2.03 bits per heavy atom. The fourth-order valence-corrected chi connectivity index (χ4v) is 4.40. The second kappa shape index (κ2) is 6.90. The quantitative estimate of drug-likeness (QED) is 0.707. The average molecular weight is 412 g/mol. The van der Waals surface area contributed by atoms with Crippen LogP contribution in [-0.4, -0.2) is 35.2 Å². The van der Waals surface area contributed by atoms with Gasteiger partial charge in [0.2, 0.25) is 5.76 Å². The van der Waals surface area contributed by atoms with Gasteiger partial charge in [0, 0.05) is 18.2 Å². The van der Waals surface area contributed by atoms with E-state index in [2.05, 4.69) is 0 Å². The lowest BCUT2D eigenvalue weighted by Gasteiger charge is -2.27. The molecule has 0 aliphatic carbocycles. The number of phenolic OH excluding ortho intramolecular Hbond substituents is 1. The van der Waals surface area contributed by atoms with Crippen molar-refractivity contribution in [2.45, 2.75) is 25.0 Å². The van der Waals surface area contributed by atoms with Crippen LogP contribution >= 0.6 is 11.6 Å². The molecule has 0 saturated carbocycles. The third-order valence-electron chi connectivity index (χ3n) is 5.54. The minimum absolute atomic E-state index is 0.0381. The topological polar surface area (TPSA) is 80.0 Å². The zero-order chi connectivity index (χ0) is 20.1. The van der Waals surface area contributed by atoms with Gasteiger partial charge in [-0.1, -0.05) is 23.7 Å². The van der Waals surface area contributed by atoms with Gasteiger partial charge in [-0.25, -0.2) is 0 Å². The fraction of sp³-hybridized carbons (Fsp3) is 0.273. The molecular weight excluding hydrogens is 394 g/mol. The zero-order valence-electron chi connectivity index (χ0n) is 15.4. The van der Waals surface area contributed by atoms with Crippen LogP contribution in [0.4, 0.5) is 0 Å². The number of nitrogens with zero attached hydrogens (tertiary/aromatic N) is 1. The molecule has 0 spiro atoms. The van der Waals surface area contributed by atoms with Crippen LogP contribution in [0.25, 0.3) is 11.0 Å². The van der Waals surface area contributed by atoms with Crippen LogP contribution < -0.4 is 5.43 Å². The lowest BCUT2D eigenvalue weighted by molar-refractivity contribution is 0.0486. The molecule has 2 aliphatic rings. The van der Waals surface area contributed by atoms with Crippen LogP contribution in [0.1, 0.15) is 40.6 Å². The molecule has 3 aromatic rings. The van der Waals surface area contributed by atoms with E-state index in [1.165, 1.54) is 0 Å². The van der Waals surface area contributed by atoms with E-state index < -0.39 is 6.04 Å². The SMILES string of the molecule is O=C1c2oc3ccc(Cl)cc3c(=O)c2[C@H](c2cccc(O)c2)N1C[C@H]1CCCO1. The minimum atomic E-state index is -0.659. The summed E-state index contributed by atoms with van der Waals surface area (Å²) in [6.45, 7) is 1.01. The summed E-state index contributed by atoms with van der Waals surface area (Å²) in [7, 11) is 0.